The SMILES string of the molecule is COc1ccc(OC(CCN2CCN(C)CC2)c2ccccc2)cc1. The minimum absolute atomic E-state index is 0.0641. The predicted molar refractivity (Wildman–Crippen MR) is 101 cm³/mol. The van der Waals surface area contributed by atoms with Gasteiger partial charge in [-0.2, -0.15) is 0 Å². The molecule has 1 heterocycles. The van der Waals surface area contributed by atoms with Crippen LogP contribution in [0, 0.1) is 0 Å². The van der Waals surface area contributed by atoms with E-state index in [4.69, 9.17) is 9.47 Å². The number of hydrogen-bond donors (Lipinski definition) is 0. The molecule has 134 valence electrons. The number of hydrogen-bond acceptors (Lipinski definition) is 4. The van der Waals surface area contributed by atoms with E-state index >= 15 is 0 Å². The van der Waals surface area contributed by atoms with Crippen LogP contribution in [0.4, 0.5) is 0 Å². The van der Waals surface area contributed by atoms with Crippen LogP contribution in [0.2, 0.25) is 0 Å². The minimum atomic E-state index is 0.0641. The molecule has 2 aromatic rings. The molecule has 1 aliphatic heterocycles. The summed E-state index contributed by atoms with van der Waals surface area (Å²) >= 11 is 0. The molecule has 0 spiro atoms. The summed E-state index contributed by atoms with van der Waals surface area (Å²) < 4.78 is 11.5. The van der Waals surface area contributed by atoms with Gasteiger partial charge in [0.1, 0.15) is 17.6 Å². The van der Waals surface area contributed by atoms with E-state index in [2.05, 4.69) is 47.2 Å². The number of rotatable bonds is 7. The first-order valence-electron chi connectivity index (χ1n) is 9.01. The highest BCUT2D eigenvalue weighted by atomic mass is 16.5. The Hall–Kier alpha value is -2.04. The molecule has 1 saturated heterocycles. The predicted octanol–water partition coefficient (Wildman–Crippen LogP) is 3.45. The van der Waals surface area contributed by atoms with E-state index in [1.165, 1.54) is 5.56 Å². The van der Waals surface area contributed by atoms with Crippen molar-refractivity contribution in [1.82, 2.24) is 9.80 Å². The largest absolute Gasteiger partial charge is 0.497 e. The van der Waals surface area contributed by atoms with Crippen molar-refractivity contribution in [2.45, 2.75) is 12.5 Å². The normalized spacial score (nSPS) is 17.2. The average Bonchev–Trinajstić information content (AvgIpc) is 2.67. The molecule has 3 rings (SSSR count). The molecule has 1 aliphatic rings. The maximum Gasteiger partial charge on any atom is 0.125 e. The highest BCUT2D eigenvalue weighted by molar-refractivity contribution is 5.32. The van der Waals surface area contributed by atoms with Gasteiger partial charge in [0.05, 0.1) is 7.11 Å². The van der Waals surface area contributed by atoms with E-state index in [1.54, 1.807) is 7.11 Å². The van der Waals surface area contributed by atoms with Gasteiger partial charge in [-0.05, 0) is 36.9 Å². The molecular formula is C21H28N2O2. The van der Waals surface area contributed by atoms with Crippen LogP contribution in [0.1, 0.15) is 18.1 Å². The van der Waals surface area contributed by atoms with Crippen molar-refractivity contribution in [3.63, 3.8) is 0 Å². The van der Waals surface area contributed by atoms with E-state index in [1.807, 2.05) is 24.3 Å². The van der Waals surface area contributed by atoms with E-state index in [0.717, 1.165) is 50.6 Å². The van der Waals surface area contributed by atoms with Gasteiger partial charge in [-0.25, -0.2) is 0 Å². The topological polar surface area (TPSA) is 24.9 Å². The van der Waals surface area contributed by atoms with Crippen molar-refractivity contribution in [1.29, 1.82) is 0 Å². The molecule has 0 N–H and O–H groups in total. The van der Waals surface area contributed by atoms with E-state index in [-0.39, 0.29) is 6.10 Å². The Morgan fingerprint density at radius 1 is 0.880 bits per heavy atom. The maximum atomic E-state index is 6.32. The molecule has 4 heteroatoms. The summed E-state index contributed by atoms with van der Waals surface area (Å²) in [5.41, 5.74) is 1.23. The third-order valence-corrected chi connectivity index (χ3v) is 4.81. The Morgan fingerprint density at radius 3 is 2.16 bits per heavy atom. The van der Waals surface area contributed by atoms with Gasteiger partial charge in [-0.1, -0.05) is 30.3 Å². The molecule has 0 aromatic heterocycles. The summed E-state index contributed by atoms with van der Waals surface area (Å²) in [5, 5.41) is 0. The Morgan fingerprint density at radius 2 is 1.52 bits per heavy atom. The lowest BCUT2D eigenvalue weighted by Gasteiger charge is -2.33. The van der Waals surface area contributed by atoms with Crippen LogP contribution in [0.15, 0.2) is 54.6 Å². The number of ether oxygens (including phenoxy) is 2. The van der Waals surface area contributed by atoms with E-state index < -0.39 is 0 Å². The molecule has 2 aromatic carbocycles. The quantitative estimate of drug-likeness (QED) is 0.771. The molecule has 1 atom stereocenters. The fourth-order valence-corrected chi connectivity index (χ4v) is 3.15. The molecule has 1 fully saturated rings. The third-order valence-electron chi connectivity index (χ3n) is 4.81. The molecule has 0 bridgehead atoms. The highest BCUT2D eigenvalue weighted by Gasteiger charge is 2.18. The minimum Gasteiger partial charge on any atom is -0.497 e. The van der Waals surface area contributed by atoms with Gasteiger partial charge in [0.2, 0.25) is 0 Å². The number of piperazine rings is 1. The summed E-state index contributed by atoms with van der Waals surface area (Å²) in [5.74, 6) is 1.73. The number of likely N-dealkylation sites (N-methyl/N-ethyl adjacent to an activating group) is 1. The number of nitrogens with zero attached hydrogens (tertiary/aromatic N) is 2. The first-order chi connectivity index (χ1) is 12.2. The Balaban J connectivity index is 1.64. The zero-order valence-electron chi connectivity index (χ0n) is 15.2. The van der Waals surface area contributed by atoms with Crippen molar-refractivity contribution in [2.75, 3.05) is 46.9 Å². The van der Waals surface area contributed by atoms with Crippen molar-refractivity contribution in [2.24, 2.45) is 0 Å². The first-order valence-corrected chi connectivity index (χ1v) is 9.01. The van der Waals surface area contributed by atoms with Crippen molar-refractivity contribution in [3.8, 4) is 11.5 Å². The second-order valence-corrected chi connectivity index (χ2v) is 6.63. The van der Waals surface area contributed by atoms with Gasteiger partial charge in [-0.3, -0.25) is 0 Å². The second kappa shape index (κ2) is 8.88. The monoisotopic (exact) mass is 340 g/mol. The number of benzene rings is 2. The summed E-state index contributed by atoms with van der Waals surface area (Å²) in [4.78, 5) is 4.92. The average molecular weight is 340 g/mol. The molecular weight excluding hydrogens is 312 g/mol. The van der Waals surface area contributed by atoms with Crippen LogP contribution in [-0.2, 0) is 0 Å². The molecule has 0 amide bonds. The summed E-state index contributed by atoms with van der Waals surface area (Å²) in [6.45, 7) is 5.63. The van der Waals surface area contributed by atoms with Crippen LogP contribution < -0.4 is 9.47 Å². The summed E-state index contributed by atoms with van der Waals surface area (Å²) in [7, 11) is 3.87. The molecule has 25 heavy (non-hydrogen) atoms. The van der Waals surface area contributed by atoms with Gasteiger partial charge in [-0.15, -0.1) is 0 Å². The molecule has 0 radical (unpaired) electrons. The molecule has 0 saturated carbocycles. The fraction of sp³-hybridized carbons (Fsp3) is 0.429. The van der Waals surface area contributed by atoms with Crippen LogP contribution in [0.25, 0.3) is 0 Å². The van der Waals surface area contributed by atoms with Crippen LogP contribution in [0.3, 0.4) is 0 Å². The van der Waals surface area contributed by atoms with Gasteiger partial charge < -0.3 is 19.3 Å². The van der Waals surface area contributed by atoms with Crippen LogP contribution in [-0.4, -0.2) is 56.7 Å². The lowest BCUT2D eigenvalue weighted by molar-refractivity contribution is 0.123. The van der Waals surface area contributed by atoms with E-state index in [9.17, 15) is 0 Å². The third kappa shape index (κ3) is 5.21. The zero-order chi connectivity index (χ0) is 17.5. The Labute approximate surface area is 151 Å². The van der Waals surface area contributed by atoms with Crippen molar-refractivity contribution < 1.29 is 9.47 Å². The van der Waals surface area contributed by atoms with Crippen LogP contribution in [0.5, 0.6) is 11.5 Å². The van der Waals surface area contributed by atoms with Crippen LogP contribution >= 0.6 is 0 Å². The fourth-order valence-electron chi connectivity index (χ4n) is 3.15. The molecule has 0 aliphatic carbocycles. The van der Waals surface area contributed by atoms with E-state index in [0.29, 0.717) is 0 Å². The lowest BCUT2D eigenvalue weighted by atomic mass is 10.1. The highest BCUT2D eigenvalue weighted by Crippen LogP contribution is 2.26. The molecule has 4 nitrogen and oxygen atoms in total. The van der Waals surface area contributed by atoms with Gasteiger partial charge in [0, 0.05) is 39.1 Å². The first kappa shape index (κ1) is 17.8. The van der Waals surface area contributed by atoms with Gasteiger partial charge in [0.15, 0.2) is 0 Å². The Bertz CT molecular complexity index is 622. The number of methoxy groups -OCH3 is 1. The van der Waals surface area contributed by atoms with Gasteiger partial charge >= 0.3 is 0 Å². The van der Waals surface area contributed by atoms with Gasteiger partial charge in [0.25, 0.3) is 0 Å². The Kier molecular flexibility index (Phi) is 6.31. The van der Waals surface area contributed by atoms with Crippen molar-refractivity contribution >= 4 is 0 Å². The van der Waals surface area contributed by atoms with Crippen molar-refractivity contribution in [3.05, 3.63) is 60.2 Å². The summed E-state index contributed by atoms with van der Waals surface area (Å²) in [6, 6.07) is 18.3. The summed E-state index contributed by atoms with van der Waals surface area (Å²) in [6.07, 6.45) is 1.05. The zero-order valence-corrected chi connectivity index (χ0v) is 15.2. The molecule has 1 unspecified atom stereocenters. The maximum absolute atomic E-state index is 6.32. The lowest BCUT2D eigenvalue weighted by Crippen LogP contribution is -2.45. The second-order valence-electron chi connectivity index (χ2n) is 6.63. The smallest absolute Gasteiger partial charge is 0.125 e. The standard InChI is InChI=1S/C21H28N2O2/c1-22-14-16-23(17-15-22)13-12-21(18-6-4-3-5-7-18)25-20-10-8-19(24-2)9-11-20/h3-11,21H,12-17H2,1-2H3.